The van der Waals surface area contributed by atoms with Gasteiger partial charge in [0, 0.05) is 32.0 Å². The van der Waals surface area contributed by atoms with Crippen LogP contribution in [0, 0.1) is 11.3 Å². The van der Waals surface area contributed by atoms with E-state index >= 15 is 0 Å². The number of rotatable bonds is 9. The molecule has 1 amide bonds. The fraction of sp³-hybridized carbons (Fsp3) is 0.529. The van der Waals surface area contributed by atoms with Crippen molar-refractivity contribution in [2.75, 3.05) is 19.6 Å². The number of carbonyl (C=O) groups is 1. The first kappa shape index (κ1) is 17.1. The summed E-state index contributed by atoms with van der Waals surface area (Å²) >= 11 is 0. The van der Waals surface area contributed by atoms with Gasteiger partial charge in [-0.05, 0) is 37.5 Å². The minimum absolute atomic E-state index is 0.00852. The van der Waals surface area contributed by atoms with Crippen LogP contribution in [0.5, 0.6) is 0 Å². The maximum absolute atomic E-state index is 12.0. The Bertz CT molecular complexity index is 589. The maximum Gasteiger partial charge on any atom is 0.236 e. The third-order valence-electron chi connectivity index (χ3n) is 3.63. The summed E-state index contributed by atoms with van der Waals surface area (Å²) in [5, 5.41) is 11.7. The molecule has 1 aromatic rings. The molecule has 122 valence electrons. The van der Waals surface area contributed by atoms with Crippen molar-refractivity contribution in [3.05, 3.63) is 29.6 Å². The van der Waals surface area contributed by atoms with Gasteiger partial charge in [-0.25, -0.2) is 0 Å². The molecule has 6 heteroatoms. The molecule has 1 N–H and O–H groups in total. The van der Waals surface area contributed by atoms with Crippen molar-refractivity contribution in [3.63, 3.8) is 0 Å². The van der Waals surface area contributed by atoms with Crippen molar-refractivity contribution in [1.29, 1.82) is 5.26 Å². The van der Waals surface area contributed by atoms with Crippen LogP contribution >= 0.6 is 0 Å². The van der Waals surface area contributed by atoms with Crippen LogP contribution in [0.25, 0.3) is 0 Å². The van der Waals surface area contributed by atoms with Crippen molar-refractivity contribution < 1.29 is 4.79 Å². The van der Waals surface area contributed by atoms with Crippen LogP contribution < -0.4 is 5.32 Å². The van der Waals surface area contributed by atoms with Crippen LogP contribution in [0.3, 0.4) is 0 Å². The highest BCUT2D eigenvalue weighted by atomic mass is 16.2. The third-order valence-corrected chi connectivity index (χ3v) is 3.63. The SMILES string of the molecule is CCN(CCC#N)C(=O)CNCc1cc(/C=N/C2CC2)ccn1. The predicted octanol–water partition coefficient (Wildman–Crippen LogP) is 1.51. The highest BCUT2D eigenvalue weighted by molar-refractivity contribution is 5.80. The lowest BCUT2D eigenvalue weighted by molar-refractivity contribution is -0.130. The van der Waals surface area contributed by atoms with Gasteiger partial charge in [-0.1, -0.05) is 0 Å². The third kappa shape index (κ3) is 6.17. The van der Waals surface area contributed by atoms with Crippen molar-refractivity contribution in [2.45, 2.75) is 38.8 Å². The topological polar surface area (TPSA) is 81.4 Å². The summed E-state index contributed by atoms with van der Waals surface area (Å²) in [5.74, 6) is 0.00852. The zero-order valence-corrected chi connectivity index (χ0v) is 13.5. The first-order chi connectivity index (χ1) is 11.2. The summed E-state index contributed by atoms with van der Waals surface area (Å²) in [6, 6.07) is 6.49. The van der Waals surface area contributed by atoms with Gasteiger partial charge in [0.1, 0.15) is 0 Å². The van der Waals surface area contributed by atoms with Gasteiger partial charge in [0.25, 0.3) is 0 Å². The van der Waals surface area contributed by atoms with Crippen molar-refractivity contribution in [3.8, 4) is 6.07 Å². The average molecular weight is 313 g/mol. The fourth-order valence-electron chi connectivity index (χ4n) is 2.14. The summed E-state index contributed by atoms with van der Waals surface area (Å²) in [7, 11) is 0. The lowest BCUT2D eigenvalue weighted by atomic mass is 10.2. The minimum atomic E-state index is 0.00852. The van der Waals surface area contributed by atoms with Gasteiger partial charge in [0.2, 0.25) is 5.91 Å². The number of nitrogens with one attached hydrogen (secondary N) is 1. The molecule has 0 unspecified atom stereocenters. The molecular formula is C17H23N5O. The molecule has 0 aliphatic heterocycles. The number of aromatic nitrogens is 1. The van der Waals surface area contributed by atoms with Gasteiger partial charge in [0.15, 0.2) is 0 Å². The molecule has 0 radical (unpaired) electrons. The van der Waals surface area contributed by atoms with E-state index in [1.54, 1.807) is 11.1 Å². The zero-order valence-electron chi connectivity index (χ0n) is 13.5. The number of likely N-dealkylation sites (N-methyl/N-ethyl adjacent to an activating group) is 1. The summed E-state index contributed by atoms with van der Waals surface area (Å²) in [6.07, 6.45) is 6.41. The van der Waals surface area contributed by atoms with Crippen LogP contribution in [0.2, 0.25) is 0 Å². The van der Waals surface area contributed by atoms with Gasteiger partial charge < -0.3 is 10.2 Å². The first-order valence-electron chi connectivity index (χ1n) is 8.06. The molecule has 0 bridgehead atoms. The number of amides is 1. The molecule has 1 saturated carbocycles. The second kappa shape index (κ2) is 9.01. The Labute approximate surface area is 137 Å². The number of nitrogens with zero attached hydrogens (tertiary/aromatic N) is 4. The van der Waals surface area contributed by atoms with E-state index in [0.717, 1.165) is 11.3 Å². The number of carbonyl (C=O) groups excluding carboxylic acids is 1. The van der Waals surface area contributed by atoms with E-state index in [9.17, 15) is 4.79 Å². The Morgan fingerprint density at radius 2 is 2.43 bits per heavy atom. The van der Waals surface area contributed by atoms with E-state index in [-0.39, 0.29) is 12.5 Å². The molecule has 0 saturated heterocycles. The molecule has 1 aliphatic carbocycles. The summed E-state index contributed by atoms with van der Waals surface area (Å²) in [4.78, 5) is 22.5. The van der Waals surface area contributed by atoms with E-state index in [0.29, 0.717) is 32.1 Å². The molecule has 23 heavy (non-hydrogen) atoms. The summed E-state index contributed by atoms with van der Waals surface area (Å²) in [6.45, 7) is 3.81. The minimum Gasteiger partial charge on any atom is -0.341 e. The number of aliphatic imine (C=N–C) groups is 1. The molecule has 6 nitrogen and oxygen atoms in total. The summed E-state index contributed by atoms with van der Waals surface area (Å²) < 4.78 is 0. The summed E-state index contributed by atoms with van der Waals surface area (Å²) in [5.41, 5.74) is 1.93. The quantitative estimate of drug-likeness (QED) is 0.701. The molecule has 1 fully saturated rings. The number of nitriles is 1. The van der Waals surface area contributed by atoms with Gasteiger partial charge >= 0.3 is 0 Å². The molecule has 0 atom stereocenters. The van der Waals surface area contributed by atoms with E-state index < -0.39 is 0 Å². The standard InChI is InChI=1S/C17H23N5O/c1-2-22(9-3-7-18)17(23)13-19-12-16-10-14(6-8-20-16)11-21-15-4-5-15/h6,8,10-11,15,19H,2-5,9,12-13H2,1H3/b21-11+. The normalized spacial score (nSPS) is 13.9. The van der Waals surface area contributed by atoms with E-state index in [2.05, 4.69) is 21.4 Å². The van der Waals surface area contributed by atoms with Gasteiger partial charge in [-0.15, -0.1) is 0 Å². The van der Waals surface area contributed by atoms with E-state index in [1.807, 2.05) is 25.3 Å². The van der Waals surface area contributed by atoms with Crippen molar-refractivity contribution in [1.82, 2.24) is 15.2 Å². The molecular weight excluding hydrogens is 290 g/mol. The molecule has 2 rings (SSSR count). The highest BCUT2D eigenvalue weighted by Crippen LogP contribution is 2.23. The molecule has 0 aromatic carbocycles. The molecule has 1 heterocycles. The van der Waals surface area contributed by atoms with Crippen LogP contribution in [0.1, 0.15) is 37.4 Å². The number of pyridine rings is 1. The van der Waals surface area contributed by atoms with Crippen molar-refractivity contribution in [2.24, 2.45) is 4.99 Å². The van der Waals surface area contributed by atoms with Gasteiger partial charge in [-0.2, -0.15) is 5.26 Å². The number of hydrogen-bond donors (Lipinski definition) is 1. The van der Waals surface area contributed by atoms with Crippen LogP contribution in [0.15, 0.2) is 23.3 Å². The van der Waals surface area contributed by atoms with Crippen molar-refractivity contribution >= 4 is 12.1 Å². The zero-order chi connectivity index (χ0) is 16.5. The van der Waals surface area contributed by atoms with E-state index in [4.69, 9.17) is 5.26 Å². The Kier molecular flexibility index (Phi) is 6.70. The molecule has 1 aromatic heterocycles. The Morgan fingerprint density at radius 3 is 3.13 bits per heavy atom. The van der Waals surface area contributed by atoms with Crippen LogP contribution in [-0.2, 0) is 11.3 Å². The predicted molar refractivity (Wildman–Crippen MR) is 89.0 cm³/mol. The highest BCUT2D eigenvalue weighted by Gasteiger charge is 2.18. The molecule has 0 spiro atoms. The molecule has 1 aliphatic rings. The first-order valence-corrected chi connectivity index (χ1v) is 8.06. The van der Waals surface area contributed by atoms with Crippen LogP contribution in [-0.4, -0.2) is 47.7 Å². The lowest BCUT2D eigenvalue weighted by Crippen LogP contribution is -2.38. The van der Waals surface area contributed by atoms with Crippen LogP contribution in [0.4, 0.5) is 0 Å². The Morgan fingerprint density at radius 1 is 1.61 bits per heavy atom. The lowest BCUT2D eigenvalue weighted by Gasteiger charge is -2.19. The second-order valence-electron chi connectivity index (χ2n) is 5.57. The maximum atomic E-state index is 12.0. The van der Waals surface area contributed by atoms with Gasteiger partial charge in [-0.3, -0.25) is 14.8 Å². The smallest absolute Gasteiger partial charge is 0.236 e. The van der Waals surface area contributed by atoms with Gasteiger partial charge in [0.05, 0.1) is 30.8 Å². The Hall–Kier alpha value is -2.26. The fourth-order valence-corrected chi connectivity index (χ4v) is 2.14. The largest absolute Gasteiger partial charge is 0.341 e. The average Bonchev–Trinajstić information content (AvgIpc) is 3.38. The number of hydrogen-bond acceptors (Lipinski definition) is 5. The second-order valence-corrected chi connectivity index (χ2v) is 5.57. The monoisotopic (exact) mass is 313 g/mol. The Balaban J connectivity index is 1.77. The van der Waals surface area contributed by atoms with E-state index in [1.165, 1.54) is 12.8 Å².